The maximum absolute atomic E-state index is 11.6. The summed E-state index contributed by atoms with van der Waals surface area (Å²) in [6, 6.07) is -0.166. The van der Waals surface area contributed by atoms with Gasteiger partial charge in [0.25, 0.3) is 0 Å². The monoisotopic (exact) mass is 257 g/mol. The summed E-state index contributed by atoms with van der Waals surface area (Å²) < 4.78 is 0. The van der Waals surface area contributed by atoms with Crippen LogP contribution in [0, 0.1) is 6.92 Å². The van der Waals surface area contributed by atoms with E-state index in [4.69, 9.17) is 5.11 Å². The fourth-order valence-electron chi connectivity index (χ4n) is 1.43. The second-order valence-corrected chi connectivity index (χ2v) is 4.74. The zero-order chi connectivity index (χ0) is 12.7. The highest BCUT2D eigenvalue weighted by atomic mass is 32.1. The quantitative estimate of drug-likeness (QED) is 0.721. The predicted octanol–water partition coefficient (Wildman–Crippen LogP) is 1.41. The van der Waals surface area contributed by atoms with Gasteiger partial charge in [0.15, 0.2) is 0 Å². The first-order valence-electron chi connectivity index (χ1n) is 5.71. The summed E-state index contributed by atoms with van der Waals surface area (Å²) in [7, 11) is 0. The Hall–Kier alpha value is -1.14. The van der Waals surface area contributed by atoms with E-state index in [1.807, 2.05) is 13.8 Å². The van der Waals surface area contributed by atoms with Gasteiger partial charge in [0.05, 0.1) is 17.7 Å². The summed E-state index contributed by atoms with van der Waals surface area (Å²) in [5, 5.41) is 14.4. The van der Waals surface area contributed by atoms with Crippen molar-refractivity contribution in [2.24, 2.45) is 0 Å². The van der Waals surface area contributed by atoms with Crippen LogP contribution in [0.3, 0.4) is 0 Å². The molecule has 0 aliphatic heterocycles. The van der Waals surface area contributed by atoms with E-state index in [1.165, 1.54) is 11.3 Å². The van der Waals surface area contributed by atoms with Crippen LogP contribution in [0.15, 0.2) is 5.51 Å². The van der Waals surface area contributed by atoms with Crippen LogP contribution in [0.2, 0.25) is 0 Å². The number of aliphatic hydroxyl groups excluding tert-OH is 1. The molecule has 0 aromatic carbocycles. The van der Waals surface area contributed by atoms with Gasteiger partial charge in [-0.2, -0.15) is 0 Å². The summed E-state index contributed by atoms with van der Waals surface area (Å²) in [5.41, 5.74) is 2.72. The number of thiazole rings is 1. The van der Waals surface area contributed by atoms with Crippen molar-refractivity contribution in [2.75, 3.05) is 6.61 Å². The Morgan fingerprint density at radius 1 is 1.65 bits per heavy atom. The number of aromatic nitrogens is 1. The molecule has 3 N–H and O–H groups in total. The lowest BCUT2D eigenvalue weighted by atomic mass is 10.2. The number of hydrogen-bond acceptors (Lipinski definition) is 4. The molecule has 1 heterocycles. The molecule has 0 spiro atoms. The fourth-order valence-corrected chi connectivity index (χ4v) is 2.14. The van der Waals surface area contributed by atoms with Crippen molar-refractivity contribution in [1.82, 2.24) is 15.6 Å². The molecule has 1 unspecified atom stereocenters. The van der Waals surface area contributed by atoms with E-state index >= 15 is 0 Å². The lowest BCUT2D eigenvalue weighted by molar-refractivity contribution is 0.227. The maximum Gasteiger partial charge on any atom is 0.315 e. The third-order valence-electron chi connectivity index (χ3n) is 2.56. The van der Waals surface area contributed by atoms with Crippen LogP contribution >= 0.6 is 11.3 Å². The maximum atomic E-state index is 11.6. The van der Waals surface area contributed by atoms with Crippen molar-refractivity contribution < 1.29 is 9.90 Å². The van der Waals surface area contributed by atoms with E-state index in [9.17, 15) is 4.79 Å². The summed E-state index contributed by atoms with van der Waals surface area (Å²) in [6.07, 6.45) is 1.40. The lowest BCUT2D eigenvalue weighted by Crippen LogP contribution is -2.41. The number of carbonyl (C=O) groups is 1. The Morgan fingerprint density at radius 3 is 2.94 bits per heavy atom. The average Bonchev–Trinajstić information content (AvgIpc) is 2.71. The van der Waals surface area contributed by atoms with Crippen LogP contribution in [0.5, 0.6) is 0 Å². The number of rotatable bonds is 6. The molecule has 0 radical (unpaired) electrons. The Balaban J connectivity index is 2.32. The van der Waals surface area contributed by atoms with Crippen molar-refractivity contribution in [2.45, 2.75) is 39.3 Å². The van der Waals surface area contributed by atoms with Gasteiger partial charge in [-0.1, -0.05) is 6.92 Å². The molecule has 0 bridgehead atoms. The minimum absolute atomic E-state index is 0.0301. The highest BCUT2D eigenvalue weighted by Gasteiger charge is 2.10. The van der Waals surface area contributed by atoms with Gasteiger partial charge in [-0.15, -0.1) is 11.3 Å². The molecule has 1 aromatic rings. The minimum atomic E-state index is -0.196. The summed E-state index contributed by atoms with van der Waals surface area (Å²) >= 11 is 1.53. The third-order valence-corrected chi connectivity index (χ3v) is 3.50. The first kappa shape index (κ1) is 13.9. The molecule has 0 fully saturated rings. The Bertz CT molecular complexity index is 354. The SMILES string of the molecule is CCC(CCO)NC(=O)NCc1scnc1C. The zero-order valence-corrected chi connectivity index (χ0v) is 11.0. The third kappa shape index (κ3) is 4.70. The molecule has 17 heavy (non-hydrogen) atoms. The molecule has 1 aromatic heterocycles. The van der Waals surface area contributed by atoms with Crippen molar-refractivity contribution in [3.63, 3.8) is 0 Å². The van der Waals surface area contributed by atoms with Gasteiger partial charge in [0, 0.05) is 17.5 Å². The molecule has 0 aliphatic carbocycles. The number of nitrogens with one attached hydrogen (secondary N) is 2. The smallest absolute Gasteiger partial charge is 0.315 e. The van der Waals surface area contributed by atoms with Gasteiger partial charge < -0.3 is 15.7 Å². The number of nitrogens with zero attached hydrogens (tertiary/aromatic N) is 1. The zero-order valence-electron chi connectivity index (χ0n) is 10.2. The molecule has 96 valence electrons. The minimum Gasteiger partial charge on any atom is -0.396 e. The van der Waals surface area contributed by atoms with Crippen LogP contribution in [0.4, 0.5) is 4.79 Å². The fraction of sp³-hybridized carbons (Fsp3) is 0.636. The molecule has 0 saturated heterocycles. The Labute approximate surface area is 105 Å². The highest BCUT2D eigenvalue weighted by molar-refractivity contribution is 7.09. The van der Waals surface area contributed by atoms with Crippen LogP contribution < -0.4 is 10.6 Å². The summed E-state index contributed by atoms with van der Waals surface area (Å²) in [5.74, 6) is 0. The van der Waals surface area contributed by atoms with Gasteiger partial charge in [0.2, 0.25) is 0 Å². The molecule has 2 amide bonds. The van der Waals surface area contributed by atoms with E-state index in [2.05, 4.69) is 15.6 Å². The molecule has 0 aliphatic rings. The van der Waals surface area contributed by atoms with Gasteiger partial charge in [-0.05, 0) is 19.8 Å². The topological polar surface area (TPSA) is 74.2 Å². The van der Waals surface area contributed by atoms with Crippen molar-refractivity contribution in [1.29, 1.82) is 0 Å². The summed E-state index contributed by atoms with van der Waals surface area (Å²) in [4.78, 5) is 16.8. The number of carbonyl (C=O) groups excluding carboxylic acids is 1. The van der Waals surface area contributed by atoms with Crippen molar-refractivity contribution in [3.05, 3.63) is 16.1 Å². The second kappa shape index (κ2) is 7.24. The molecular formula is C11H19N3O2S. The average molecular weight is 257 g/mol. The molecule has 5 nitrogen and oxygen atoms in total. The largest absolute Gasteiger partial charge is 0.396 e. The highest BCUT2D eigenvalue weighted by Crippen LogP contribution is 2.11. The van der Waals surface area contributed by atoms with Crippen molar-refractivity contribution >= 4 is 17.4 Å². The first-order valence-corrected chi connectivity index (χ1v) is 6.59. The molecule has 1 atom stereocenters. The van der Waals surface area contributed by atoms with Crippen LogP contribution in [-0.2, 0) is 6.54 Å². The van der Waals surface area contributed by atoms with Gasteiger partial charge in [-0.25, -0.2) is 9.78 Å². The van der Waals surface area contributed by atoms with Gasteiger partial charge in [-0.3, -0.25) is 0 Å². The molecule has 0 saturated carbocycles. The van der Waals surface area contributed by atoms with E-state index in [-0.39, 0.29) is 18.7 Å². The standard InChI is InChI=1S/C11H19N3O2S/c1-3-9(4-5-15)14-11(16)12-6-10-8(2)13-7-17-10/h7,9,15H,3-6H2,1-2H3,(H2,12,14,16). The number of aliphatic hydroxyl groups is 1. The predicted molar refractivity (Wildman–Crippen MR) is 68.0 cm³/mol. The van der Waals surface area contributed by atoms with Crippen LogP contribution in [-0.4, -0.2) is 28.8 Å². The number of urea groups is 1. The van der Waals surface area contributed by atoms with Gasteiger partial charge >= 0.3 is 6.03 Å². The van der Waals surface area contributed by atoms with Crippen LogP contribution in [0.1, 0.15) is 30.3 Å². The van der Waals surface area contributed by atoms with Gasteiger partial charge in [0.1, 0.15) is 0 Å². The number of aryl methyl sites for hydroxylation is 1. The molecular weight excluding hydrogens is 238 g/mol. The Kier molecular flexibility index (Phi) is 5.93. The second-order valence-electron chi connectivity index (χ2n) is 3.81. The number of hydrogen-bond donors (Lipinski definition) is 3. The Morgan fingerprint density at radius 2 is 2.41 bits per heavy atom. The summed E-state index contributed by atoms with van der Waals surface area (Å²) in [6.45, 7) is 4.49. The molecule has 6 heteroatoms. The van der Waals surface area contributed by atoms with E-state index in [0.717, 1.165) is 17.0 Å². The molecule has 1 rings (SSSR count). The number of amides is 2. The normalized spacial score (nSPS) is 12.2. The van der Waals surface area contributed by atoms with E-state index in [0.29, 0.717) is 13.0 Å². The lowest BCUT2D eigenvalue weighted by Gasteiger charge is -2.16. The van der Waals surface area contributed by atoms with E-state index < -0.39 is 0 Å². The van der Waals surface area contributed by atoms with E-state index in [1.54, 1.807) is 5.51 Å². The first-order chi connectivity index (χ1) is 8.17. The van der Waals surface area contributed by atoms with Crippen LogP contribution in [0.25, 0.3) is 0 Å². The van der Waals surface area contributed by atoms with Crippen molar-refractivity contribution in [3.8, 4) is 0 Å².